The average molecular weight is 1540 g/mol. The molecule has 1 aliphatic heterocycles. The second kappa shape index (κ2) is 45.3. The molecule has 40 heteroatoms. The van der Waals surface area contributed by atoms with Crippen LogP contribution >= 0.6 is 0 Å². The number of hydrogen-bond acceptors (Lipinski definition) is 23. The Labute approximate surface area is 607 Å². The number of rotatable bonds is 43. The fourth-order valence-electron chi connectivity index (χ4n) is 11.3. The second-order valence-corrected chi connectivity index (χ2v) is 31.4. The van der Waals surface area contributed by atoms with E-state index in [4.69, 9.17) is 5.11 Å². The molecule has 0 spiro atoms. The van der Waals surface area contributed by atoms with E-state index in [1.807, 2.05) is 10.6 Å². The molecule has 1 heterocycles. The van der Waals surface area contributed by atoms with Gasteiger partial charge in [-0.3, -0.25) is 58.0 Å². The molecule has 6 atom stereocenters. The molecule has 2 rings (SSSR count). The van der Waals surface area contributed by atoms with E-state index in [0.717, 1.165) is 0 Å². The SMILES string of the molecule is CC(C)(C)[Si](F)(c1ccc(C(=O)NC[C@@H](NC(=O)CC[C@@H](C(=O)O)N2CCN(CC(=O)[O-])CCN(CC(=O)[O-])CCN(CC(=O)[O-])CC2)C(=O)N[C@H](CCCCNC(=O)CCC(=O)NCCC[C@@H](NC(=O)CC[C@H](NC(=O)N[C@@H](CCC(=O)O)C(=O)O)C(=O)O)C(=O)O)C(=O)O)cc1)C(C)(C)C.[Ga+3]. The summed E-state index contributed by atoms with van der Waals surface area (Å²) in [4.78, 5) is 204. The first-order valence-electron chi connectivity index (χ1n) is 33.0. The van der Waals surface area contributed by atoms with E-state index in [0.29, 0.717) is 5.19 Å². The van der Waals surface area contributed by atoms with Crippen molar-refractivity contribution in [1.82, 2.24) is 62.1 Å². The Kier molecular flexibility index (Phi) is 40.5. The molecule has 1 aromatic rings. The molecule has 1 saturated heterocycles. The molecule has 0 aliphatic carbocycles. The average Bonchev–Trinajstić information content (AvgIpc) is 0.748. The van der Waals surface area contributed by atoms with Crippen LogP contribution in [0.4, 0.5) is 8.90 Å². The minimum Gasteiger partial charge on any atom is -0.549 e. The van der Waals surface area contributed by atoms with Crippen LogP contribution in [0.2, 0.25) is 10.1 Å². The summed E-state index contributed by atoms with van der Waals surface area (Å²) in [7, 11) is -3.78. The molecule has 0 aromatic heterocycles. The zero-order valence-corrected chi connectivity index (χ0v) is 62.0. The number of nitrogens with one attached hydrogen (secondary N) is 8. The number of carbonyl (C=O) groups is 16. The van der Waals surface area contributed by atoms with Gasteiger partial charge in [-0.05, 0) is 78.8 Å². The van der Waals surface area contributed by atoms with Gasteiger partial charge in [0.2, 0.25) is 29.5 Å². The van der Waals surface area contributed by atoms with Crippen LogP contribution in [0.5, 0.6) is 0 Å². The number of halogens is 1. The van der Waals surface area contributed by atoms with E-state index < -0.39 is 215 Å². The molecule has 14 N–H and O–H groups in total. The Bertz CT molecular complexity index is 3060. The van der Waals surface area contributed by atoms with E-state index in [1.165, 1.54) is 43.9 Å². The van der Waals surface area contributed by atoms with Gasteiger partial charge in [0.05, 0.1) is 17.9 Å². The summed E-state index contributed by atoms with van der Waals surface area (Å²) < 4.78 is 17.1. The zero-order valence-electron chi connectivity index (χ0n) is 58.5. The Hall–Kier alpha value is -8.84. The molecule has 572 valence electrons. The molecule has 0 unspecified atom stereocenters. The first-order chi connectivity index (χ1) is 47.5. The first kappa shape index (κ1) is 92.2. The van der Waals surface area contributed by atoms with Crippen LogP contribution in [0.1, 0.15) is 135 Å². The fraction of sp³-hybridized carbons (Fsp3) is 0.651. The number of nitrogens with zero attached hydrogens (tertiary/aromatic N) is 4. The maximum Gasteiger partial charge on any atom is 3.00 e. The number of unbranched alkanes of at least 4 members (excludes halogenated alkanes) is 1. The molecule has 37 nitrogen and oxygen atoms in total. The van der Waals surface area contributed by atoms with E-state index in [2.05, 4.69) is 31.9 Å². The van der Waals surface area contributed by atoms with Gasteiger partial charge >= 0.3 is 61.6 Å². The normalized spacial score (nSPS) is 15.5. The van der Waals surface area contributed by atoms with E-state index in [1.54, 1.807) is 41.5 Å². The molecule has 0 saturated carbocycles. The number of amides is 8. The smallest absolute Gasteiger partial charge is 0.549 e. The van der Waals surface area contributed by atoms with Crippen molar-refractivity contribution in [3.63, 3.8) is 0 Å². The molecule has 0 bridgehead atoms. The van der Waals surface area contributed by atoms with Crippen molar-refractivity contribution < 1.29 is 127 Å². The predicted molar refractivity (Wildman–Crippen MR) is 357 cm³/mol. The van der Waals surface area contributed by atoms with Crippen molar-refractivity contribution in [2.24, 2.45) is 0 Å². The third kappa shape index (κ3) is 34.8. The summed E-state index contributed by atoms with van der Waals surface area (Å²) in [5, 5.41) is 110. The van der Waals surface area contributed by atoms with Gasteiger partial charge < -0.3 is 107 Å². The fourth-order valence-corrected chi connectivity index (χ4v) is 15.9. The molecular weight excluding hydrogens is 1440 g/mol. The van der Waals surface area contributed by atoms with Crippen molar-refractivity contribution in [3.05, 3.63) is 29.8 Å². The summed E-state index contributed by atoms with van der Waals surface area (Å²) in [5.74, 6) is -18.5. The maximum atomic E-state index is 17.1. The van der Waals surface area contributed by atoms with Crippen LogP contribution in [0.25, 0.3) is 0 Å². The van der Waals surface area contributed by atoms with Gasteiger partial charge in [0.15, 0.2) is 0 Å². The third-order valence-electron chi connectivity index (χ3n) is 16.6. The van der Waals surface area contributed by atoms with Crippen LogP contribution in [-0.4, -0.2) is 302 Å². The van der Waals surface area contributed by atoms with Crippen LogP contribution in [0.3, 0.4) is 0 Å². The van der Waals surface area contributed by atoms with Crippen molar-refractivity contribution >= 4 is 129 Å². The summed E-state index contributed by atoms with van der Waals surface area (Å²) >= 11 is 0. The predicted octanol–water partition coefficient (Wildman–Crippen LogP) is -6.10. The Balaban J connectivity index is 0.0000530. The summed E-state index contributed by atoms with van der Waals surface area (Å²) in [6.07, 6.45) is -4.36. The van der Waals surface area contributed by atoms with E-state index >= 15 is 4.11 Å². The number of carboxylic acids is 9. The minimum atomic E-state index is -3.78. The number of benzene rings is 1. The first-order valence-corrected chi connectivity index (χ1v) is 34.9. The molecule has 0 radical (unpaired) electrons. The number of carbonyl (C=O) groups excluding carboxylic acids is 10. The molecule has 1 aromatic carbocycles. The Morgan fingerprint density at radius 3 is 1.23 bits per heavy atom. The summed E-state index contributed by atoms with van der Waals surface area (Å²) in [6, 6.07) is -5.29. The van der Waals surface area contributed by atoms with E-state index in [-0.39, 0.29) is 136 Å². The van der Waals surface area contributed by atoms with Gasteiger partial charge in [0.1, 0.15) is 36.3 Å². The zero-order chi connectivity index (χ0) is 77.2. The maximum absolute atomic E-state index is 17.1. The minimum absolute atomic E-state index is 0. The van der Waals surface area contributed by atoms with Crippen molar-refractivity contribution in [1.29, 1.82) is 0 Å². The standard InChI is InChI=1S/C63H99FN12O25Si.Ga/c1-62(2,3)102(64,63(4,5)6)39-14-12-38(13-15-39)54(89)67-34-44(69-49(80)20-18-45(60(99)100)76-32-30-74(36-52(85)86)28-26-73(35-51(83)84)27-29-75(31-33-76)37-53(87)88)55(90)70-41(57(93)94)10-7-8-24-65-46(77)21-22-47(78)66-25-9-11-40(56(91)92)68-48(79)19-16-42(58(95)96)71-61(101)72-43(59(97)98)17-23-50(81)82;/h12-15,40-45H,7-11,16-37H2,1-6H3,(H,65,77)(H,66,78)(H,67,89)(H,68,79)(H,69,80)(H,70,90)(H,81,82)(H,83,84)(H,85,86)(H,87,88)(H,91,92)(H,93,94)(H,95,96)(H,97,98)(H,99,100)(H2,71,72,101);/q;+3/p-3/t40-,41-,42+,43+,44-,45+;/m1./s1. The largest absolute Gasteiger partial charge is 3.00 e. The second-order valence-electron chi connectivity index (χ2n) is 26.5. The molecule has 1 aliphatic rings. The number of urea groups is 1. The van der Waals surface area contributed by atoms with Crippen molar-refractivity contribution in [2.75, 3.05) is 91.6 Å². The number of carboxylic acid groups (broad SMARTS) is 9. The molecule has 103 heavy (non-hydrogen) atoms. The van der Waals surface area contributed by atoms with Crippen LogP contribution in [-0.2, 0) is 67.1 Å². The summed E-state index contributed by atoms with van der Waals surface area (Å²) in [6.45, 7) is 7.40. The van der Waals surface area contributed by atoms with Crippen molar-refractivity contribution in [3.8, 4) is 0 Å². The van der Waals surface area contributed by atoms with Gasteiger partial charge in [0, 0.05) is 129 Å². The van der Waals surface area contributed by atoms with Gasteiger partial charge in [-0.1, -0.05) is 53.7 Å². The molecule has 1 fully saturated rings. The van der Waals surface area contributed by atoms with Crippen molar-refractivity contribution in [2.45, 2.75) is 171 Å². The van der Waals surface area contributed by atoms with Gasteiger partial charge in [-0.15, -0.1) is 0 Å². The van der Waals surface area contributed by atoms with Crippen LogP contribution in [0, 0.1) is 0 Å². The van der Waals surface area contributed by atoms with Gasteiger partial charge in [0.25, 0.3) is 14.3 Å². The molecular formula is C63H96FGaN12O25Si. The quantitative estimate of drug-likeness (QED) is 0.0164. The van der Waals surface area contributed by atoms with Crippen LogP contribution < -0.4 is 63.0 Å². The number of aliphatic carboxylic acids is 9. The van der Waals surface area contributed by atoms with E-state index in [9.17, 15) is 118 Å². The third-order valence-corrected chi connectivity index (χ3v) is 21.9. The van der Waals surface area contributed by atoms with Gasteiger partial charge in [-0.2, -0.15) is 0 Å². The Morgan fingerprint density at radius 2 is 0.825 bits per heavy atom. The summed E-state index contributed by atoms with van der Waals surface area (Å²) in [5.41, 5.74) is 0.0286. The topological polar surface area (TPSA) is 573 Å². The molecule has 8 amide bonds. The number of hydrogen-bond donors (Lipinski definition) is 14. The Morgan fingerprint density at radius 1 is 0.447 bits per heavy atom. The van der Waals surface area contributed by atoms with Gasteiger partial charge in [-0.25, -0.2) is 24.0 Å². The van der Waals surface area contributed by atoms with Crippen LogP contribution in [0.15, 0.2) is 24.3 Å². The monoisotopic (exact) mass is 1540 g/mol.